The van der Waals surface area contributed by atoms with E-state index in [4.69, 9.17) is 0 Å². The van der Waals surface area contributed by atoms with Crippen LogP contribution < -0.4 is 5.32 Å². The quantitative estimate of drug-likeness (QED) is 0.711. The highest BCUT2D eigenvalue weighted by Gasteiger charge is 2.38. The van der Waals surface area contributed by atoms with Crippen LogP contribution in [0.5, 0.6) is 0 Å². The van der Waals surface area contributed by atoms with E-state index in [1.807, 2.05) is 18.2 Å². The Morgan fingerprint density at radius 3 is 2.62 bits per heavy atom. The molecule has 1 aromatic rings. The van der Waals surface area contributed by atoms with Gasteiger partial charge in [-0.25, -0.2) is 0 Å². The van der Waals surface area contributed by atoms with E-state index in [-0.39, 0.29) is 17.7 Å². The van der Waals surface area contributed by atoms with E-state index in [0.717, 1.165) is 43.6 Å². The number of fused-ring (bicyclic) bond motifs is 1. The lowest BCUT2D eigenvalue weighted by Crippen LogP contribution is -2.49. The molecule has 0 aliphatic carbocycles. The SMILES string of the molecule is C=C1CCC(N2Cc3cc(CCC(=O)C4CCN(CC(C)C)CC4)ccc3C2=O)C(=O)N1. The molecule has 1 unspecified atom stereocenters. The molecule has 0 saturated carbocycles. The van der Waals surface area contributed by atoms with Crippen molar-refractivity contribution in [3.63, 3.8) is 0 Å². The number of benzene rings is 1. The summed E-state index contributed by atoms with van der Waals surface area (Å²) in [5, 5.41) is 2.77. The van der Waals surface area contributed by atoms with Crippen LogP contribution in [0, 0.1) is 11.8 Å². The van der Waals surface area contributed by atoms with E-state index in [1.165, 1.54) is 0 Å². The first kappa shape index (κ1) is 22.7. The van der Waals surface area contributed by atoms with Crippen molar-refractivity contribution in [2.75, 3.05) is 19.6 Å². The third-order valence-electron chi connectivity index (χ3n) is 7.03. The third-order valence-corrected chi connectivity index (χ3v) is 7.03. The van der Waals surface area contributed by atoms with E-state index in [1.54, 1.807) is 4.90 Å². The van der Waals surface area contributed by atoms with Crippen molar-refractivity contribution in [1.29, 1.82) is 0 Å². The van der Waals surface area contributed by atoms with Crippen molar-refractivity contribution in [1.82, 2.24) is 15.1 Å². The fourth-order valence-electron chi connectivity index (χ4n) is 5.29. The molecule has 3 aliphatic rings. The molecule has 1 aromatic carbocycles. The van der Waals surface area contributed by atoms with Gasteiger partial charge in [-0.2, -0.15) is 0 Å². The van der Waals surface area contributed by atoms with Crippen LogP contribution in [0.2, 0.25) is 0 Å². The van der Waals surface area contributed by atoms with Crippen molar-refractivity contribution < 1.29 is 14.4 Å². The van der Waals surface area contributed by atoms with Gasteiger partial charge in [-0.15, -0.1) is 0 Å². The molecule has 0 spiro atoms. The number of hydrogen-bond acceptors (Lipinski definition) is 4. The Labute approximate surface area is 191 Å². The summed E-state index contributed by atoms with van der Waals surface area (Å²) in [6.45, 7) is 11.9. The van der Waals surface area contributed by atoms with Gasteiger partial charge in [-0.3, -0.25) is 14.4 Å². The Hall–Kier alpha value is -2.47. The molecular weight excluding hydrogens is 402 g/mol. The lowest BCUT2D eigenvalue weighted by molar-refractivity contribution is -0.126. The number of aryl methyl sites for hydroxylation is 1. The molecule has 0 bridgehead atoms. The highest BCUT2D eigenvalue weighted by Crippen LogP contribution is 2.29. The molecule has 1 N–H and O–H groups in total. The fourth-order valence-corrected chi connectivity index (χ4v) is 5.29. The van der Waals surface area contributed by atoms with Crippen LogP contribution in [-0.4, -0.2) is 53.1 Å². The first-order valence-corrected chi connectivity index (χ1v) is 12.0. The number of carbonyl (C=O) groups is 3. The number of amides is 2. The van der Waals surface area contributed by atoms with Crippen molar-refractivity contribution in [2.45, 2.75) is 65.0 Å². The van der Waals surface area contributed by atoms with Gasteiger partial charge < -0.3 is 15.1 Å². The number of ketones is 1. The minimum absolute atomic E-state index is 0.0801. The Kier molecular flexibility index (Phi) is 6.79. The Balaban J connectivity index is 1.31. The summed E-state index contributed by atoms with van der Waals surface area (Å²) >= 11 is 0. The molecule has 2 amide bonds. The van der Waals surface area contributed by atoms with Gasteiger partial charge in [-0.1, -0.05) is 32.6 Å². The molecule has 32 heavy (non-hydrogen) atoms. The smallest absolute Gasteiger partial charge is 0.255 e. The molecule has 172 valence electrons. The molecule has 6 nitrogen and oxygen atoms in total. The van der Waals surface area contributed by atoms with Crippen molar-refractivity contribution in [3.8, 4) is 0 Å². The summed E-state index contributed by atoms with van der Waals surface area (Å²) in [5.74, 6) is 0.990. The van der Waals surface area contributed by atoms with E-state index >= 15 is 0 Å². The number of nitrogens with one attached hydrogen (secondary N) is 1. The topological polar surface area (TPSA) is 69.7 Å². The molecular formula is C26H35N3O3. The van der Waals surface area contributed by atoms with Crippen LogP contribution in [0.1, 0.15) is 67.4 Å². The molecule has 3 heterocycles. The lowest BCUT2D eigenvalue weighted by Gasteiger charge is -2.32. The summed E-state index contributed by atoms with van der Waals surface area (Å²) in [7, 11) is 0. The van der Waals surface area contributed by atoms with Crippen molar-refractivity contribution >= 4 is 17.6 Å². The van der Waals surface area contributed by atoms with Crippen molar-refractivity contribution in [3.05, 3.63) is 47.2 Å². The van der Waals surface area contributed by atoms with Crippen molar-refractivity contribution in [2.24, 2.45) is 11.8 Å². The zero-order chi connectivity index (χ0) is 22.8. The number of likely N-dealkylation sites (tertiary alicyclic amines) is 1. The number of rotatable bonds is 7. The standard InChI is InChI=1S/C26H35N3O3/c1-17(2)15-28-12-10-20(11-13-28)24(30)9-6-19-5-7-22-21(14-19)16-29(26(22)32)23-8-4-18(3)27-25(23)31/h5,7,14,17,20,23H,3-4,6,8-13,15-16H2,1-2H3,(H,27,31). The molecule has 6 heteroatoms. The average molecular weight is 438 g/mol. The largest absolute Gasteiger partial charge is 0.329 e. The van der Waals surface area contributed by atoms with Gasteiger partial charge in [-0.05, 0) is 68.3 Å². The van der Waals surface area contributed by atoms with E-state index in [9.17, 15) is 14.4 Å². The van der Waals surface area contributed by atoms with E-state index in [0.29, 0.717) is 55.2 Å². The predicted octanol–water partition coefficient (Wildman–Crippen LogP) is 3.30. The number of hydrogen-bond donors (Lipinski definition) is 1. The van der Waals surface area contributed by atoms with E-state index < -0.39 is 6.04 Å². The number of carbonyl (C=O) groups excluding carboxylic acids is 3. The molecule has 3 aliphatic heterocycles. The summed E-state index contributed by atoms with van der Waals surface area (Å²) in [6, 6.07) is 5.43. The highest BCUT2D eigenvalue weighted by atomic mass is 16.2. The molecule has 4 rings (SSSR count). The second-order valence-corrected chi connectivity index (χ2v) is 10.0. The monoisotopic (exact) mass is 437 g/mol. The van der Waals surface area contributed by atoms with Gasteiger partial charge in [0.1, 0.15) is 11.8 Å². The van der Waals surface area contributed by atoms with Gasteiger partial charge in [0.25, 0.3) is 5.91 Å². The first-order valence-electron chi connectivity index (χ1n) is 12.0. The van der Waals surface area contributed by atoms with Gasteiger partial charge in [0.15, 0.2) is 0 Å². The Morgan fingerprint density at radius 1 is 1.19 bits per heavy atom. The second-order valence-electron chi connectivity index (χ2n) is 10.0. The fraction of sp³-hybridized carbons (Fsp3) is 0.577. The zero-order valence-electron chi connectivity index (χ0n) is 19.4. The second kappa shape index (κ2) is 9.57. The summed E-state index contributed by atoms with van der Waals surface area (Å²) < 4.78 is 0. The summed E-state index contributed by atoms with van der Waals surface area (Å²) in [4.78, 5) is 42.1. The minimum atomic E-state index is -0.438. The van der Waals surface area contributed by atoms with Crippen LogP contribution in [0.4, 0.5) is 0 Å². The highest BCUT2D eigenvalue weighted by molar-refractivity contribution is 6.01. The number of allylic oxidation sites excluding steroid dienone is 1. The number of nitrogens with zero attached hydrogens (tertiary/aromatic N) is 2. The van der Waals surface area contributed by atoms with Crippen LogP contribution >= 0.6 is 0 Å². The van der Waals surface area contributed by atoms with Crippen LogP contribution in [-0.2, 0) is 22.6 Å². The van der Waals surface area contributed by atoms with Gasteiger partial charge in [0.2, 0.25) is 5.91 Å². The summed E-state index contributed by atoms with van der Waals surface area (Å²) in [5.41, 5.74) is 3.44. The maximum Gasteiger partial charge on any atom is 0.255 e. The first-order chi connectivity index (χ1) is 15.3. The number of Topliss-reactive ketones (excluding diaryl/α,β-unsaturated/α-hetero) is 1. The maximum absolute atomic E-state index is 12.9. The Morgan fingerprint density at radius 2 is 1.94 bits per heavy atom. The van der Waals surface area contributed by atoms with Gasteiger partial charge in [0.05, 0.1) is 0 Å². The molecule has 1 atom stereocenters. The molecule has 0 aromatic heterocycles. The lowest BCUT2D eigenvalue weighted by atomic mass is 9.89. The summed E-state index contributed by atoms with van der Waals surface area (Å²) in [6.07, 6.45) is 4.50. The molecule has 2 saturated heterocycles. The maximum atomic E-state index is 12.9. The van der Waals surface area contributed by atoms with E-state index in [2.05, 4.69) is 30.6 Å². The number of piperidine rings is 2. The third kappa shape index (κ3) is 4.96. The van der Waals surface area contributed by atoms with Gasteiger partial charge >= 0.3 is 0 Å². The zero-order valence-corrected chi connectivity index (χ0v) is 19.4. The normalized spacial score (nSPS) is 22.4. The van der Waals surface area contributed by atoms with Crippen LogP contribution in [0.3, 0.4) is 0 Å². The predicted molar refractivity (Wildman–Crippen MR) is 124 cm³/mol. The van der Waals surface area contributed by atoms with Crippen LogP contribution in [0.15, 0.2) is 30.5 Å². The molecule has 2 fully saturated rings. The Bertz CT molecular complexity index is 915. The average Bonchev–Trinajstić information content (AvgIpc) is 3.08. The van der Waals surface area contributed by atoms with Gasteiger partial charge in [0, 0.05) is 36.7 Å². The molecule has 0 radical (unpaired) electrons. The minimum Gasteiger partial charge on any atom is -0.329 e. The van der Waals surface area contributed by atoms with Crippen LogP contribution in [0.25, 0.3) is 0 Å².